The SMILES string of the molecule is CC1=CC(C2NC(=O)NC3=C2CCCC2=CCCC=C23)CC=C1. The van der Waals surface area contributed by atoms with E-state index < -0.39 is 0 Å². The van der Waals surface area contributed by atoms with Gasteiger partial charge in [0.2, 0.25) is 0 Å². The van der Waals surface area contributed by atoms with Crippen LogP contribution in [0.1, 0.15) is 45.4 Å². The van der Waals surface area contributed by atoms with Crippen molar-refractivity contribution in [3.05, 3.63) is 58.4 Å². The molecule has 3 aliphatic carbocycles. The Hall–Kier alpha value is -2.03. The number of amides is 2. The molecule has 1 aliphatic heterocycles. The van der Waals surface area contributed by atoms with Crippen molar-refractivity contribution in [3.63, 3.8) is 0 Å². The van der Waals surface area contributed by atoms with E-state index in [0.29, 0.717) is 5.92 Å². The smallest absolute Gasteiger partial charge is 0.319 e. The monoisotopic (exact) mass is 308 g/mol. The molecule has 4 aliphatic rings. The predicted molar refractivity (Wildman–Crippen MR) is 92.7 cm³/mol. The topological polar surface area (TPSA) is 41.1 Å². The Morgan fingerprint density at radius 1 is 1.17 bits per heavy atom. The van der Waals surface area contributed by atoms with E-state index in [0.717, 1.165) is 37.8 Å². The fourth-order valence-corrected chi connectivity index (χ4v) is 4.30. The molecule has 3 heteroatoms. The van der Waals surface area contributed by atoms with Crippen LogP contribution in [0, 0.1) is 5.92 Å². The minimum Gasteiger partial charge on any atom is -0.331 e. The summed E-state index contributed by atoms with van der Waals surface area (Å²) in [5.41, 5.74) is 6.50. The molecule has 2 unspecified atom stereocenters. The van der Waals surface area contributed by atoms with E-state index in [2.05, 4.69) is 47.9 Å². The highest BCUT2D eigenvalue weighted by atomic mass is 16.2. The molecule has 3 nitrogen and oxygen atoms in total. The highest BCUT2D eigenvalue weighted by molar-refractivity contribution is 5.81. The molecule has 120 valence electrons. The van der Waals surface area contributed by atoms with Crippen LogP contribution in [0.2, 0.25) is 0 Å². The highest BCUT2D eigenvalue weighted by Gasteiger charge is 2.35. The molecule has 0 radical (unpaired) electrons. The number of nitrogens with one attached hydrogen (secondary N) is 2. The van der Waals surface area contributed by atoms with Crippen LogP contribution in [0.3, 0.4) is 0 Å². The first-order chi connectivity index (χ1) is 11.2. The Morgan fingerprint density at radius 3 is 2.91 bits per heavy atom. The normalized spacial score (nSPS) is 30.1. The summed E-state index contributed by atoms with van der Waals surface area (Å²) >= 11 is 0. The lowest BCUT2D eigenvalue weighted by molar-refractivity contribution is 0.235. The van der Waals surface area contributed by atoms with Crippen molar-refractivity contribution < 1.29 is 4.79 Å². The molecule has 0 aromatic carbocycles. The molecule has 2 amide bonds. The molecule has 0 aromatic rings. The van der Waals surface area contributed by atoms with E-state index in [-0.39, 0.29) is 12.1 Å². The van der Waals surface area contributed by atoms with Gasteiger partial charge < -0.3 is 10.6 Å². The summed E-state index contributed by atoms with van der Waals surface area (Å²) in [5, 5.41) is 6.32. The minimum absolute atomic E-state index is 0.0536. The lowest BCUT2D eigenvalue weighted by Crippen LogP contribution is -2.51. The Kier molecular flexibility index (Phi) is 3.72. The summed E-state index contributed by atoms with van der Waals surface area (Å²) < 4.78 is 0. The van der Waals surface area contributed by atoms with Gasteiger partial charge in [-0.3, -0.25) is 0 Å². The van der Waals surface area contributed by atoms with Gasteiger partial charge in [0, 0.05) is 5.92 Å². The zero-order chi connectivity index (χ0) is 15.8. The maximum absolute atomic E-state index is 12.3. The maximum Gasteiger partial charge on any atom is 0.319 e. The van der Waals surface area contributed by atoms with Gasteiger partial charge in [-0.05, 0) is 62.2 Å². The second kappa shape index (κ2) is 5.88. The van der Waals surface area contributed by atoms with Crippen LogP contribution in [-0.2, 0) is 0 Å². The summed E-state index contributed by atoms with van der Waals surface area (Å²) in [6.07, 6.45) is 18.0. The van der Waals surface area contributed by atoms with Crippen molar-refractivity contribution in [3.8, 4) is 0 Å². The Bertz CT molecular complexity index is 690. The number of rotatable bonds is 1. The number of hydrogen-bond acceptors (Lipinski definition) is 1. The molecule has 0 spiro atoms. The highest BCUT2D eigenvalue weighted by Crippen LogP contribution is 2.39. The van der Waals surface area contributed by atoms with Crippen molar-refractivity contribution in [2.75, 3.05) is 0 Å². The molecule has 2 N–H and O–H groups in total. The molecule has 4 rings (SSSR count). The van der Waals surface area contributed by atoms with Crippen molar-refractivity contribution in [2.45, 2.75) is 51.5 Å². The second-order valence-corrected chi connectivity index (χ2v) is 6.97. The zero-order valence-corrected chi connectivity index (χ0v) is 13.7. The van der Waals surface area contributed by atoms with Gasteiger partial charge in [0.25, 0.3) is 0 Å². The average Bonchev–Trinajstić information content (AvgIpc) is 2.74. The van der Waals surface area contributed by atoms with E-state index in [4.69, 9.17) is 0 Å². The Labute approximate surface area is 137 Å². The van der Waals surface area contributed by atoms with Crippen molar-refractivity contribution in [1.29, 1.82) is 0 Å². The first-order valence-corrected chi connectivity index (χ1v) is 8.78. The summed E-state index contributed by atoms with van der Waals surface area (Å²) in [4.78, 5) is 12.3. The van der Waals surface area contributed by atoms with Crippen molar-refractivity contribution in [1.82, 2.24) is 10.6 Å². The number of fused-ring (bicyclic) bond motifs is 2. The van der Waals surface area contributed by atoms with E-state index in [1.165, 1.54) is 28.7 Å². The summed E-state index contributed by atoms with van der Waals surface area (Å²) in [5.74, 6) is 0.366. The second-order valence-electron chi connectivity index (χ2n) is 6.97. The van der Waals surface area contributed by atoms with E-state index in [1.807, 2.05) is 0 Å². The van der Waals surface area contributed by atoms with Crippen LogP contribution in [0.5, 0.6) is 0 Å². The minimum atomic E-state index is -0.0536. The van der Waals surface area contributed by atoms with Crippen molar-refractivity contribution in [2.24, 2.45) is 5.92 Å². The number of carbonyl (C=O) groups excluding carboxylic acids is 1. The lowest BCUT2D eigenvalue weighted by atomic mass is 9.82. The molecule has 0 saturated heterocycles. The van der Waals surface area contributed by atoms with Gasteiger partial charge in [-0.25, -0.2) is 4.79 Å². The average molecular weight is 308 g/mol. The van der Waals surface area contributed by atoms with Gasteiger partial charge in [0.05, 0.1) is 11.7 Å². The summed E-state index contributed by atoms with van der Waals surface area (Å²) in [7, 11) is 0. The zero-order valence-electron chi connectivity index (χ0n) is 13.7. The van der Waals surface area contributed by atoms with Crippen LogP contribution in [0.15, 0.2) is 58.4 Å². The summed E-state index contributed by atoms with van der Waals surface area (Å²) in [6, 6.07) is 0.0721. The third-order valence-electron chi connectivity index (χ3n) is 5.33. The standard InChI is InChI=1S/C20H24N2O/c1-13-6-4-9-15(12-13)18-17-11-5-8-14-7-2-3-10-16(14)19(17)22-20(23)21-18/h4,6-7,10,12,15,18H,2-3,5,8-9,11H2,1H3,(H2,21,22,23). The number of carbonyl (C=O) groups is 1. The van der Waals surface area contributed by atoms with Crippen LogP contribution < -0.4 is 10.6 Å². The first kappa shape index (κ1) is 14.6. The third kappa shape index (κ3) is 2.69. The molecule has 0 saturated carbocycles. The fourth-order valence-electron chi connectivity index (χ4n) is 4.30. The Balaban J connectivity index is 1.76. The van der Waals surface area contributed by atoms with E-state index in [9.17, 15) is 4.79 Å². The van der Waals surface area contributed by atoms with E-state index in [1.54, 1.807) is 0 Å². The molecule has 0 bridgehead atoms. The Morgan fingerprint density at radius 2 is 2.04 bits per heavy atom. The van der Waals surface area contributed by atoms with Crippen LogP contribution in [-0.4, -0.2) is 12.1 Å². The maximum atomic E-state index is 12.3. The molecule has 2 atom stereocenters. The van der Waals surface area contributed by atoms with Crippen molar-refractivity contribution >= 4 is 6.03 Å². The quantitative estimate of drug-likeness (QED) is 0.746. The number of hydrogen-bond donors (Lipinski definition) is 2. The van der Waals surface area contributed by atoms with Gasteiger partial charge in [-0.2, -0.15) is 0 Å². The van der Waals surface area contributed by atoms with Crippen LogP contribution in [0.4, 0.5) is 4.79 Å². The molecule has 1 heterocycles. The molecular formula is C20H24N2O. The van der Waals surface area contributed by atoms with Crippen LogP contribution >= 0.6 is 0 Å². The van der Waals surface area contributed by atoms with Gasteiger partial charge >= 0.3 is 6.03 Å². The molecule has 23 heavy (non-hydrogen) atoms. The fraction of sp³-hybridized carbons (Fsp3) is 0.450. The van der Waals surface area contributed by atoms with E-state index >= 15 is 0 Å². The third-order valence-corrected chi connectivity index (χ3v) is 5.33. The summed E-state index contributed by atoms with van der Waals surface area (Å²) in [6.45, 7) is 2.14. The predicted octanol–water partition coefficient (Wildman–Crippen LogP) is 4.27. The molecular weight excluding hydrogens is 284 g/mol. The molecule has 0 aromatic heterocycles. The van der Waals surface area contributed by atoms with Gasteiger partial charge in [-0.15, -0.1) is 0 Å². The largest absolute Gasteiger partial charge is 0.331 e. The van der Waals surface area contributed by atoms with Gasteiger partial charge in [0.1, 0.15) is 0 Å². The molecule has 0 fully saturated rings. The van der Waals surface area contributed by atoms with Crippen LogP contribution in [0.25, 0.3) is 0 Å². The first-order valence-electron chi connectivity index (χ1n) is 8.78. The lowest BCUT2D eigenvalue weighted by Gasteiger charge is -2.35. The number of urea groups is 1. The number of allylic oxidation sites excluding steroid dienone is 6. The van der Waals surface area contributed by atoms with Gasteiger partial charge in [-0.1, -0.05) is 36.0 Å². The van der Waals surface area contributed by atoms with Gasteiger partial charge in [0.15, 0.2) is 0 Å².